The summed E-state index contributed by atoms with van der Waals surface area (Å²) in [6.45, 7) is -1.61. The van der Waals surface area contributed by atoms with Crippen molar-refractivity contribution in [1.29, 1.82) is 0 Å². The maximum absolute atomic E-state index is 10.8. The van der Waals surface area contributed by atoms with Gasteiger partial charge < -0.3 is 4.74 Å². The SMILES string of the molecule is [2H]c1c([2H])c([2H])c(-c2cnc(-n3c4ccccc4c4ccc(Oc5cccc(-n6[c-][n+](-c7c(-c8c([2H])c(-c9c([2H])c([2H])c([2H])c([2H])c9[2H])c([2H])c(-c9c([2H])c([2H])c([2H])c([2H])c9[2H])c8[2H])cc(C(C)(C)C)cc7-c7c([2H])c([2H])c8c(c7[2H])C(C([2H])([2H])[2H])(C([2H])([2H])[2H])CC8(C([2H])([2H])[2H])C([2H])([2H])[2H])c7ccc(-c8cc(C(C)(C)C)cc(C(C)(C)C)c8)cc76)c5)cc43)cc2C([2H])([2H])[2H])c([2H])c1[2H]. The molecule has 1 aliphatic carbocycles. The predicted octanol–water partition coefficient (Wildman–Crippen LogP) is 24.2. The normalized spacial score (nSPS) is 19.8. The molecule has 0 amide bonds. The molecule has 0 radical (unpaired) electrons. The second-order valence-corrected chi connectivity index (χ2v) is 27.6. The molecular formula is C92H86N4O. The second kappa shape index (κ2) is 23.5. The van der Waals surface area contributed by atoms with E-state index in [1.54, 1.807) is 104 Å². The summed E-state index contributed by atoms with van der Waals surface area (Å²) >= 11 is 0. The van der Waals surface area contributed by atoms with Crippen LogP contribution in [0.5, 0.6) is 11.5 Å². The smallest absolute Gasteiger partial charge is 0.269 e. The van der Waals surface area contributed by atoms with Crippen LogP contribution in [0.15, 0.2) is 254 Å². The number of aromatic nitrogens is 4. The van der Waals surface area contributed by atoms with Crippen molar-refractivity contribution in [2.75, 3.05) is 0 Å². The molecule has 15 rings (SSSR count). The number of imidazole rings is 1. The van der Waals surface area contributed by atoms with E-state index in [4.69, 9.17) is 37.1 Å². The quantitative estimate of drug-likeness (QED) is 0.0956. The first-order valence-corrected chi connectivity index (χ1v) is 31.5. The largest absolute Gasteiger partial charge is 0.458 e. The zero-order valence-corrected chi connectivity index (χ0v) is 54.5. The van der Waals surface area contributed by atoms with Crippen LogP contribution in [0.4, 0.5) is 0 Å². The lowest BCUT2D eigenvalue weighted by molar-refractivity contribution is -0.571. The molecule has 0 bridgehead atoms. The first-order chi connectivity index (χ1) is 61.3. The van der Waals surface area contributed by atoms with Crippen LogP contribution in [0.3, 0.4) is 0 Å². The molecule has 0 saturated carbocycles. The minimum Gasteiger partial charge on any atom is -0.458 e. The molecule has 0 N–H and O–H groups in total. The van der Waals surface area contributed by atoms with Crippen LogP contribution in [0, 0.1) is 13.2 Å². The fraction of sp³-hybridized carbons (Fsp3) is 0.217. The van der Waals surface area contributed by atoms with Crippen LogP contribution in [0.25, 0.3) is 117 Å². The summed E-state index contributed by atoms with van der Waals surface area (Å²) in [4.78, 5) is 4.74. The Hall–Kier alpha value is -10.4. The van der Waals surface area contributed by atoms with Gasteiger partial charge in [0.2, 0.25) is 0 Å². The highest BCUT2D eigenvalue weighted by Gasteiger charge is 2.42. The first kappa shape index (κ1) is 34.0. The van der Waals surface area contributed by atoms with Gasteiger partial charge in [-0.3, -0.25) is 13.7 Å². The van der Waals surface area contributed by atoms with Gasteiger partial charge in [0.1, 0.15) is 17.3 Å². The van der Waals surface area contributed by atoms with E-state index in [0.29, 0.717) is 32.9 Å². The van der Waals surface area contributed by atoms with E-state index in [0.717, 1.165) is 17.3 Å². The molecule has 0 saturated heterocycles. The number of ether oxygens (including phenoxy) is 1. The van der Waals surface area contributed by atoms with Gasteiger partial charge in [-0.1, -0.05) is 265 Å². The zero-order valence-electron chi connectivity index (χ0n) is 90.5. The molecule has 14 aromatic rings. The Bertz CT molecular complexity index is 7080. The lowest BCUT2D eigenvalue weighted by Gasteiger charge is -2.27. The van der Waals surface area contributed by atoms with E-state index in [1.165, 1.54) is 27.3 Å². The zero-order chi connectivity index (χ0) is 98.3. The summed E-state index contributed by atoms with van der Waals surface area (Å²) in [5.41, 5.74) is -15.2. The number of nitrogens with zero attached hydrogens (tertiary/aromatic N) is 4. The van der Waals surface area contributed by atoms with Crippen LogP contribution in [-0.4, -0.2) is 14.1 Å². The second-order valence-electron chi connectivity index (χ2n) is 27.6. The van der Waals surface area contributed by atoms with E-state index in [9.17, 15) is 21.9 Å². The molecule has 3 aromatic heterocycles. The molecule has 0 spiro atoms. The number of hydrogen-bond acceptors (Lipinski definition) is 2. The molecule has 1 aliphatic rings. The first-order valence-electron chi connectivity index (χ1n) is 49.5. The minimum atomic E-state index is -4.00. The molecule has 11 aromatic carbocycles. The molecular weight excluding hydrogens is 1180 g/mol. The maximum atomic E-state index is 10.8. The lowest BCUT2D eigenvalue weighted by Crippen LogP contribution is -2.32. The number of pyridine rings is 1. The van der Waals surface area contributed by atoms with Crippen molar-refractivity contribution in [3.8, 4) is 95.5 Å². The maximum Gasteiger partial charge on any atom is 0.269 e. The van der Waals surface area contributed by atoms with Gasteiger partial charge in [-0.2, -0.15) is 0 Å². The minimum absolute atomic E-state index is 0.0410. The van der Waals surface area contributed by atoms with Gasteiger partial charge in [0.25, 0.3) is 6.33 Å². The van der Waals surface area contributed by atoms with Crippen molar-refractivity contribution < 1.29 is 58.7 Å². The topological polar surface area (TPSA) is 35.9 Å². The molecule has 0 atom stereocenters. The Morgan fingerprint density at radius 3 is 1.71 bits per heavy atom. The van der Waals surface area contributed by atoms with E-state index in [1.807, 2.05) is 59.7 Å². The third-order valence-corrected chi connectivity index (χ3v) is 17.7. The highest BCUT2D eigenvalue weighted by Crippen LogP contribution is 2.52. The number of hydrogen-bond donors (Lipinski definition) is 0. The molecule has 5 nitrogen and oxygen atoms in total. The number of benzene rings is 11. The van der Waals surface area contributed by atoms with Crippen molar-refractivity contribution in [2.45, 2.75) is 130 Å². The lowest BCUT2D eigenvalue weighted by atomic mass is 9.79. The summed E-state index contributed by atoms with van der Waals surface area (Å²) < 4.78 is 346. The Balaban J connectivity index is 1.10. The molecule has 3 heterocycles. The van der Waals surface area contributed by atoms with Crippen molar-refractivity contribution in [3.63, 3.8) is 0 Å². The van der Waals surface area contributed by atoms with Crippen LogP contribution >= 0.6 is 0 Å². The number of aryl methyl sites for hydroxylation is 1. The molecule has 97 heavy (non-hydrogen) atoms. The van der Waals surface area contributed by atoms with Crippen LogP contribution in [0.2, 0.25) is 0 Å². The van der Waals surface area contributed by atoms with Gasteiger partial charge in [0, 0.05) is 49.2 Å². The van der Waals surface area contributed by atoms with E-state index < -0.39 is 256 Å². The Morgan fingerprint density at radius 2 is 1.06 bits per heavy atom. The highest BCUT2D eigenvalue weighted by atomic mass is 16.5. The Kier molecular flexibility index (Phi) is 8.24. The van der Waals surface area contributed by atoms with E-state index >= 15 is 0 Å². The van der Waals surface area contributed by atoms with Crippen molar-refractivity contribution in [1.82, 2.24) is 14.1 Å². The fourth-order valence-corrected chi connectivity index (χ4v) is 12.6. The van der Waals surface area contributed by atoms with Crippen LogP contribution in [-0.2, 0) is 27.1 Å². The van der Waals surface area contributed by atoms with Crippen molar-refractivity contribution >= 4 is 32.8 Å². The van der Waals surface area contributed by atoms with Gasteiger partial charge >= 0.3 is 0 Å². The van der Waals surface area contributed by atoms with Gasteiger partial charge in [-0.25, -0.2) is 4.98 Å². The Morgan fingerprint density at radius 1 is 0.464 bits per heavy atom. The average molecular weight is 1300 g/mol. The molecule has 0 fully saturated rings. The standard InChI is InChI=1S/C92H86N4O/c1-59-43-86(93-56-79(59)62-31-22-17-23-32-62)96-82-36-25-24-35-75(82)76-40-39-74(55-84(76)96)97-73-34-26-33-72(54-73)94-58-95(83-42-38-63(50-85(83)94)67-47-69(88(2,3)4)51-70(48-67)89(5,6)7)87-77(64-37-41-80-81(49-64)92(13,14)57-91(80,11)12)52-71(90(8,9)10)53-78(87)68-45-65(60-27-18-15-19-28-60)44-66(46-68)61-29-20-16-21-30-61/h15-56H,57H2,1-14H3/i1D3,11D3,12D3,13D3,14D3,15D,16D,17D,18D,19D,20D,21D,22D,23D,27D,28D,29D,30D,31D,32D,37D,41D,44D,45D,46D,49D. The van der Waals surface area contributed by atoms with Crippen molar-refractivity contribution in [3.05, 3.63) is 294 Å². The molecule has 0 unspecified atom stereocenters. The number of para-hydroxylation sites is 1. The highest BCUT2D eigenvalue weighted by molar-refractivity contribution is 6.09. The summed E-state index contributed by atoms with van der Waals surface area (Å²) in [6.07, 6.45) is 2.81. The molecule has 0 aliphatic heterocycles. The van der Waals surface area contributed by atoms with Gasteiger partial charge in [0.15, 0.2) is 0 Å². The van der Waals surface area contributed by atoms with E-state index in [-0.39, 0.29) is 56.3 Å². The monoisotopic (exact) mass is 1300 g/mol. The Labute approximate surface area is 624 Å². The van der Waals surface area contributed by atoms with Crippen molar-refractivity contribution in [2.24, 2.45) is 0 Å². The summed E-state index contributed by atoms with van der Waals surface area (Å²) in [6, 6.07) is 13.7. The summed E-state index contributed by atoms with van der Waals surface area (Å²) in [5.74, 6) is 0.318. The van der Waals surface area contributed by atoms with Crippen LogP contribution in [0.1, 0.15) is 179 Å². The predicted molar refractivity (Wildman–Crippen MR) is 406 cm³/mol. The molecule has 480 valence electrons. The van der Waals surface area contributed by atoms with Gasteiger partial charge in [0.05, 0.1) is 62.2 Å². The summed E-state index contributed by atoms with van der Waals surface area (Å²) in [7, 11) is 0. The van der Waals surface area contributed by atoms with Gasteiger partial charge in [-0.15, -0.1) is 0 Å². The third kappa shape index (κ3) is 11.7. The van der Waals surface area contributed by atoms with Gasteiger partial charge in [-0.05, 0) is 202 Å². The number of fused-ring (bicyclic) bond motifs is 5. The summed E-state index contributed by atoms with van der Waals surface area (Å²) in [5, 5.41) is 1.30. The average Bonchev–Trinajstić information content (AvgIpc) is 1.49. The number of rotatable bonds is 11. The molecule has 5 heteroatoms. The van der Waals surface area contributed by atoms with E-state index in [2.05, 4.69) is 12.4 Å². The fourth-order valence-electron chi connectivity index (χ4n) is 12.6. The third-order valence-electron chi connectivity index (χ3n) is 17.7. The van der Waals surface area contributed by atoms with Crippen LogP contribution < -0.4 is 9.30 Å².